The summed E-state index contributed by atoms with van der Waals surface area (Å²) < 4.78 is 5.52. The van der Waals surface area contributed by atoms with Gasteiger partial charge in [0.15, 0.2) is 0 Å². The molecule has 14 heavy (non-hydrogen) atoms. The minimum absolute atomic E-state index is 0.623. The van der Waals surface area contributed by atoms with Crippen molar-refractivity contribution in [2.45, 2.75) is 10.7 Å². The Bertz CT molecular complexity index is 324. The predicted octanol–water partition coefficient (Wildman–Crippen LogP) is 2.81. The molecule has 2 aliphatic rings. The Morgan fingerprint density at radius 3 is 2.57 bits per heavy atom. The van der Waals surface area contributed by atoms with Crippen LogP contribution in [-0.2, 0) is 4.74 Å². The number of hydrogen-bond donors (Lipinski definition) is 0. The topological polar surface area (TPSA) is 9.23 Å². The van der Waals surface area contributed by atoms with Crippen molar-refractivity contribution in [1.82, 2.24) is 0 Å². The fourth-order valence-corrected chi connectivity index (χ4v) is 3.99. The molecule has 1 heterocycles. The van der Waals surface area contributed by atoms with Crippen molar-refractivity contribution in [2.75, 3.05) is 13.2 Å². The van der Waals surface area contributed by atoms with Gasteiger partial charge in [0.05, 0.1) is 13.2 Å². The smallest absolute Gasteiger partial charge is 0.0509 e. The van der Waals surface area contributed by atoms with Crippen molar-refractivity contribution >= 4 is 15.9 Å². The number of fused-ring (bicyclic) bond motifs is 1. The van der Waals surface area contributed by atoms with Crippen molar-refractivity contribution in [3.8, 4) is 0 Å². The monoisotopic (exact) mass is 252 g/mol. The summed E-state index contributed by atoms with van der Waals surface area (Å²) in [4.78, 5) is 0.623. The van der Waals surface area contributed by atoms with Gasteiger partial charge in [-0.1, -0.05) is 46.3 Å². The van der Waals surface area contributed by atoms with Crippen LogP contribution in [0, 0.1) is 11.8 Å². The maximum atomic E-state index is 5.52. The van der Waals surface area contributed by atoms with Gasteiger partial charge in [-0.15, -0.1) is 0 Å². The molecule has 3 rings (SSSR count). The largest absolute Gasteiger partial charge is 0.381 e. The molecule has 1 aliphatic carbocycles. The quantitative estimate of drug-likeness (QED) is 0.699. The van der Waals surface area contributed by atoms with Gasteiger partial charge in [-0.25, -0.2) is 0 Å². The third-order valence-corrected chi connectivity index (χ3v) is 4.82. The highest BCUT2D eigenvalue weighted by Gasteiger charge is 2.52. The summed E-state index contributed by atoms with van der Waals surface area (Å²) in [7, 11) is 0. The van der Waals surface area contributed by atoms with E-state index in [4.69, 9.17) is 4.74 Å². The molecule has 2 heteroatoms. The molecule has 0 spiro atoms. The van der Waals surface area contributed by atoms with Crippen molar-refractivity contribution in [2.24, 2.45) is 11.8 Å². The molecule has 1 nitrogen and oxygen atoms in total. The number of benzene rings is 1. The average Bonchev–Trinajstić information content (AvgIpc) is 2.63. The van der Waals surface area contributed by atoms with E-state index in [9.17, 15) is 0 Å². The fraction of sp³-hybridized carbons (Fsp3) is 0.500. The van der Waals surface area contributed by atoms with Crippen LogP contribution >= 0.6 is 15.9 Å². The molecular formula is C12H13BrO. The van der Waals surface area contributed by atoms with Crippen molar-refractivity contribution in [3.63, 3.8) is 0 Å². The van der Waals surface area contributed by atoms with Gasteiger partial charge >= 0.3 is 0 Å². The number of hydrogen-bond acceptors (Lipinski definition) is 1. The first kappa shape index (κ1) is 8.93. The fourth-order valence-electron chi connectivity index (χ4n) is 2.75. The summed E-state index contributed by atoms with van der Waals surface area (Å²) in [5, 5.41) is 0. The van der Waals surface area contributed by atoms with E-state index in [1.807, 2.05) is 0 Å². The Morgan fingerprint density at radius 2 is 1.79 bits per heavy atom. The maximum Gasteiger partial charge on any atom is 0.0509 e. The van der Waals surface area contributed by atoms with Crippen LogP contribution in [0.3, 0.4) is 0 Å². The Hall–Kier alpha value is -0.340. The maximum absolute atomic E-state index is 5.52. The lowest BCUT2D eigenvalue weighted by molar-refractivity contribution is 0.185. The summed E-state index contributed by atoms with van der Waals surface area (Å²) in [5.41, 5.74) is 1.46. The zero-order valence-electron chi connectivity index (χ0n) is 7.90. The van der Waals surface area contributed by atoms with Crippen molar-refractivity contribution in [3.05, 3.63) is 35.9 Å². The standard InChI is InChI=1S/C12H13BrO/c13-12-10-7-14-6-9(10)11(12)8-4-2-1-3-5-8/h1-5,9-12H,6-7H2. The van der Waals surface area contributed by atoms with E-state index in [1.165, 1.54) is 5.56 Å². The normalized spacial score (nSPS) is 40.4. The first-order valence-electron chi connectivity index (χ1n) is 5.14. The van der Waals surface area contributed by atoms with Gasteiger partial charge in [0.25, 0.3) is 0 Å². The summed E-state index contributed by atoms with van der Waals surface area (Å²) in [6.07, 6.45) is 0. The minimum atomic E-state index is 0.623. The van der Waals surface area contributed by atoms with E-state index in [0.29, 0.717) is 10.7 Å². The highest BCUT2D eigenvalue weighted by Crippen LogP contribution is 2.54. The Balaban J connectivity index is 1.87. The molecule has 1 saturated heterocycles. The van der Waals surface area contributed by atoms with Crippen LogP contribution in [0.25, 0.3) is 0 Å². The molecule has 4 atom stereocenters. The van der Waals surface area contributed by atoms with Crippen molar-refractivity contribution in [1.29, 1.82) is 0 Å². The molecule has 0 N–H and O–H groups in total. The van der Waals surface area contributed by atoms with Crippen LogP contribution in [0.2, 0.25) is 0 Å². The highest BCUT2D eigenvalue weighted by molar-refractivity contribution is 9.09. The summed E-state index contributed by atoms with van der Waals surface area (Å²) in [6.45, 7) is 1.90. The van der Waals surface area contributed by atoms with Crippen LogP contribution in [0.5, 0.6) is 0 Å². The molecule has 0 radical (unpaired) electrons. The molecule has 74 valence electrons. The second kappa shape index (κ2) is 3.35. The summed E-state index contributed by atoms with van der Waals surface area (Å²) in [5.74, 6) is 2.17. The van der Waals surface area contributed by atoms with Gasteiger partial charge in [0.1, 0.15) is 0 Å². The lowest BCUT2D eigenvalue weighted by Gasteiger charge is -2.44. The van der Waals surface area contributed by atoms with Gasteiger partial charge < -0.3 is 4.74 Å². The SMILES string of the molecule is BrC1C2COCC2C1c1ccccc1. The lowest BCUT2D eigenvalue weighted by Crippen LogP contribution is -2.44. The van der Waals surface area contributed by atoms with E-state index in [-0.39, 0.29) is 0 Å². The second-order valence-electron chi connectivity index (χ2n) is 4.25. The molecule has 4 unspecified atom stereocenters. The Kier molecular flexibility index (Phi) is 2.14. The second-order valence-corrected chi connectivity index (χ2v) is 5.30. The molecule has 0 bridgehead atoms. The van der Waals surface area contributed by atoms with Gasteiger partial charge in [-0.3, -0.25) is 0 Å². The molecule has 1 aliphatic heterocycles. The van der Waals surface area contributed by atoms with Crippen LogP contribution in [0.4, 0.5) is 0 Å². The number of rotatable bonds is 1. The van der Waals surface area contributed by atoms with Gasteiger partial charge in [0, 0.05) is 16.7 Å². The van der Waals surface area contributed by atoms with Crippen LogP contribution in [0.15, 0.2) is 30.3 Å². The number of alkyl halides is 1. The van der Waals surface area contributed by atoms with E-state index in [0.717, 1.165) is 25.0 Å². The highest BCUT2D eigenvalue weighted by atomic mass is 79.9. The first-order valence-corrected chi connectivity index (χ1v) is 6.06. The Morgan fingerprint density at radius 1 is 1.07 bits per heavy atom. The third kappa shape index (κ3) is 1.17. The van der Waals surface area contributed by atoms with Crippen LogP contribution in [0.1, 0.15) is 11.5 Å². The van der Waals surface area contributed by atoms with E-state index in [2.05, 4.69) is 46.3 Å². The van der Waals surface area contributed by atoms with Gasteiger partial charge in [-0.05, 0) is 11.5 Å². The van der Waals surface area contributed by atoms with Gasteiger partial charge in [0.2, 0.25) is 0 Å². The first-order chi connectivity index (χ1) is 6.88. The minimum Gasteiger partial charge on any atom is -0.381 e. The summed E-state index contributed by atoms with van der Waals surface area (Å²) in [6, 6.07) is 10.8. The molecule has 0 amide bonds. The van der Waals surface area contributed by atoms with E-state index >= 15 is 0 Å². The third-order valence-electron chi connectivity index (χ3n) is 3.57. The molecule has 1 saturated carbocycles. The summed E-state index contributed by atoms with van der Waals surface area (Å²) >= 11 is 3.79. The zero-order valence-corrected chi connectivity index (χ0v) is 9.48. The number of ether oxygens (including phenoxy) is 1. The van der Waals surface area contributed by atoms with Crippen LogP contribution in [-0.4, -0.2) is 18.0 Å². The zero-order chi connectivity index (χ0) is 9.54. The van der Waals surface area contributed by atoms with Crippen LogP contribution < -0.4 is 0 Å². The van der Waals surface area contributed by atoms with Gasteiger partial charge in [-0.2, -0.15) is 0 Å². The molecule has 0 aromatic heterocycles. The number of halogens is 1. The average molecular weight is 253 g/mol. The lowest BCUT2D eigenvalue weighted by atomic mass is 9.64. The van der Waals surface area contributed by atoms with E-state index in [1.54, 1.807) is 0 Å². The van der Waals surface area contributed by atoms with E-state index < -0.39 is 0 Å². The molecular weight excluding hydrogens is 240 g/mol. The van der Waals surface area contributed by atoms with Crippen molar-refractivity contribution < 1.29 is 4.74 Å². The predicted molar refractivity (Wildman–Crippen MR) is 59.7 cm³/mol. The molecule has 1 aromatic carbocycles. The Labute approximate surface area is 92.6 Å². The molecule has 2 fully saturated rings. The molecule has 1 aromatic rings.